The summed E-state index contributed by atoms with van der Waals surface area (Å²) in [5.41, 5.74) is 3.15. The van der Waals surface area contributed by atoms with Gasteiger partial charge < -0.3 is 5.32 Å². The topological polar surface area (TPSA) is 12.0 Å². The highest BCUT2D eigenvalue weighted by atomic mass is 35.5. The molecular formula is C18H21Cl2N. The van der Waals surface area contributed by atoms with Crippen molar-refractivity contribution in [1.82, 2.24) is 0 Å². The Hall–Kier alpha value is -1.18. The number of aryl methyl sites for hydroxylation is 1. The number of hydrogen-bond donors (Lipinski definition) is 1. The second-order valence-electron chi connectivity index (χ2n) is 5.82. The van der Waals surface area contributed by atoms with Crippen molar-refractivity contribution in [2.24, 2.45) is 5.92 Å². The highest BCUT2D eigenvalue weighted by molar-refractivity contribution is 6.35. The smallest absolute Gasteiger partial charge is 0.0641 e. The van der Waals surface area contributed by atoms with Gasteiger partial charge in [0, 0.05) is 5.02 Å². The predicted octanol–water partition coefficient (Wildman–Crippen LogP) is 6.50. The van der Waals surface area contributed by atoms with Crippen molar-refractivity contribution in [3.8, 4) is 0 Å². The van der Waals surface area contributed by atoms with Gasteiger partial charge in [0.05, 0.1) is 16.8 Å². The van der Waals surface area contributed by atoms with Crippen molar-refractivity contribution in [3.63, 3.8) is 0 Å². The molecule has 0 radical (unpaired) electrons. The van der Waals surface area contributed by atoms with Crippen molar-refractivity contribution in [2.75, 3.05) is 5.32 Å². The fraction of sp³-hybridized carbons (Fsp3) is 0.333. The molecule has 2 aromatic carbocycles. The molecule has 0 aliphatic rings. The van der Waals surface area contributed by atoms with E-state index in [1.807, 2.05) is 25.1 Å². The zero-order chi connectivity index (χ0) is 15.4. The summed E-state index contributed by atoms with van der Waals surface area (Å²) < 4.78 is 0. The summed E-state index contributed by atoms with van der Waals surface area (Å²) in [5.74, 6) is 0.586. The molecule has 0 heterocycles. The number of hydrogen-bond acceptors (Lipinski definition) is 1. The molecule has 0 saturated carbocycles. The van der Waals surface area contributed by atoms with Crippen LogP contribution in [-0.4, -0.2) is 0 Å². The van der Waals surface area contributed by atoms with Crippen molar-refractivity contribution in [1.29, 1.82) is 0 Å². The molecule has 112 valence electrons. The van der Waals surface area contributed by atoms with Crippen LogP contribution in [-0.2, 0) is 0 Å². The van der Waals surface area contributed by atoms with E-state index in [1.165, 1.54) is 5.56 Å². The minimum atomic E-state index is 0.225. The molecule has 3 heteroatoms. The van der Waals surface area contributed by atoms with Crippen molar-refractivity contribution < 1.29 is 0 Å². The Morgan fingerprint density at radius 1 is 1.00 bits per heavy atom. The van der Waals surface area contributed by atoms with Gasteiger partial charge in [0.15, 0.2) is 0 Å². The van der Waals surface area contributed by atoms with E-state index in [1.54, 1.807) is 0 Å². The van der Waals surface area contributed by atoms with Gasteiger partial charge in [-0.2, -0.15) is 0 Å². The van der Waals surface area contributed by atoms with Crippen molar-refractivity contribution in [3.05, 3.63) is 63.6 Å². The van der Waals surface area contributed by atoms with Gasteiger partial charge in [0.25, 0.3) is 0 Å². The minimum Gasteiger partial charge on any atom is -0.377 e. The normalized spacial score (nSPS) is 12.5. The van der Waals surface area contributed by atoms with Crippen LogP contribution in [0.3, 0.4) is 0 Å². The first-order chi connectivity index (χ1) is 9.97. The fourth-order valence-electron chi connectivity index (χ4n) is 2.38. The molecular weight excluding hydrogens is 301 g/mol. The van der Waals surface area contributed by atoms with Crippen LogP contribution in [0, 0.1) is 12.8 Å². The molecule has 1 nitrogen and oxygen atoms in total. The molecule has 2 rings (SSSR count). The van der Waals surface area contributed by atoms with Crippen LogP contribution < -0.4 is 5.32 Å². The van der Waals surface area contributed by atoms with Crippen molar-refractivity contribution in [2.45, 2.75) is 33.2 Å². The van der Waals surface area contributed by atoms with Gasteiger partial charge in [-0.3, -0.25) is 0 Å². The van der Waals surface area contributed by atoms with Crippen LogP contribution in [0.5, 0.6) is 0 Å². The summed E-state index contributed by atoms with van der Waals surface area (Å²) in [5, 5.41) is 4.99. The molecule has 0 fully saturated rings. The first-order valence-corrected chi connectivity index (χ1v) is 8.00. The summed E-state index contributed by atoms with van der Waals surface area (Å²) in [6.07, 6.45) is 1.03. The molecule has 0 spiro atoms. The van der Waals surface area contributed by atoms with E-state index in [0.717, 1.165) is 22.7 Å². The Morgan fingerprint density at radius 2 is 1.67 bits per heavy atom. The lowest BCUT2D eigenvalue weighted by atomic mass is 9.96. The molecule has 1 unspecified atom stereocenters. The minimum absolute atomic E-state index is 0.225. The first-order valence-electron chi connectivity index (χ1n) is 7.24. The largest absolute Gasteiger partial charge is 0.377 e. The molecule has 0 saturated heterocycles. The van der Waals surface area contributed by atoms with Gasteiger partial charge in [-0.05, 0) is 42.5 Å². The molecule has 1 atom stereocenters. The lowest BCUT2D eigenvalue weighted by Crippen LogP contribution is -2.13. The Bertz CT molecular complexity index is 594. The zero-order valence-electron chi connectivity index (χ0n) is 12.7. The summed E-state index contributed by atoms with van der Waals surface area (Å²) in [6, 6.07) is 14.5. The Labute approximate surface area is 137 Å². The maximum atomic E-state index is 6.35. The maximum Gasteiger partial charge on any atom is 0.0641 e. The summed E-state index contributed by atoms with van der Waals surface area (Å²) in [7, 11) is 0. The van der Waals surface area contributed by atoms with Crippen LogP contribution in [0.1, 0.15) is 37.4 Å². The fourth-order valence-corrected chi connectivity index (χ4v) is 2.82. The van der Waals surface area contributed by atoms with E-state index in [9.17, 15) is 0 Å². The monoisotopic (exact) mass is 321 g/mol. The van der Waals surface area contributed by atoms with Gasteiger partial charge in [-0.25, -0.2) is 0 Å². The summed E-state index contributed by atoms with van der Waals surface area (Å²) in [4.78, 5) is 0. The van der Waals surface area contributed by atoms with Crippen molar-refractivity contribution >= 4 is 28.9 Å². The Morgan fingerprint density at radius 3 is 2.29 bits per heavy atom. The number of rotatable bonds is 5. The SMILES string of the molecule is Cc1cc(Cl)c(NC(CC(C)C)c2ccccc2)cc1Cl. The third-order valence-corrected chi connectivity index (χ3v) is 4.21. The van der Waals surface area contributed by atoms with Crippen LogP contribution >= 0.6 is 23.2 Å². The molecule has 1 N–H and O–H groups in total. The van der Waals surface area contributed by atoms with Crippen LogP contribution in [0.2, 0.25) is 10.0 Å². The van der Waals surface area contributed by atoms with E-state index < -0.39 is 0 Å². The summed E-state index contributed by atoms with van der Waals surface area (Å²) in [6.45, 7) is 6.41. The van der Waals surface area contributed by atoms with Gasteiger partial charge in [-0.15, -0.1) is 0 Å². The summed E-state index contributed by atoms with van der Waals surface area (Å²) >= 11 is 12.6. The standard InChI is InChI=1S/C18H21Cl2N/c1-12(2)9-17(14-7-5-4-6-8-14)21-18-11-15(19)13(3)10-16(18)20/h4-8,10-12,17,21H,9H2,1-3H3. The molecule has 0 amide bonds. The number of halogens is 2. The van der Waals surface area contributed by atoms with E-state index >= 15 is 0 Å². The van der Waals surface area contributed by atoms with Crippen LogP contribution in [0.15, 0.2) is 42.5 Å². The zero-order valence-corrected chi connectivity index (χ0v) is 14.2. The second-order valence-corrected chi connectivity index (χ2v) is 6.63. The molecule has 0 bridgehead atoms. The van der Waals surface area contributed by atoms with Crippen LogP contribution in [0.25, 0.3) is 0 Å². The molecule has 21 heavy (non-hydrogen) atoms. The molecule has 0 aliphatic carbocycles. The third-order valence-electron chi connectivity index (χ3n) is 3.49. The lowest BCUT2D eigenvalue weighted by Gasteiger charge is -2.23. The molecule has 0 aromatic heterocycles. The lowest BCUT2D eigenvalue weighted by molar-refractivity contribution is 0.531. The molecule has 0 aliphatic heterocycles. The predicted molar refractivity (Wildman–Crippen MR) is 93.5 cm³/mol. The number of nitrogens with one attached hydrogen (secondary N) is 1. The second kappa shape index (κ2) is 7.20. The highest BCUT2D eigenvalue weighted by Gasteiger charge is 2.15. The number of anilines is 1. The van der Waals surface area contributed by atoms with Gasteiger partial charge in [0.1, 0.15) is 0 Å². The maximum absolute atomic E-state index is 6.35. The first kappa shape index (κ1) is 16.2. The van der Waals surface area contributed by atoms with Gasteiger partial charge in [0.2, 0.25) is 0 Å². The van der Waals surface area contributed by atoms with E-state index in [2.05, 4.69) is 43.4 Å². The van der Waals surface area contributed by atoms with Gasteiger partial charge in [-0.1, -0.05) is 67.4 Å². The Balaban J connectivity index is 2.29. The quantitative estimate of drug-likeness (QED) is 0.662. The average Bonchev–Trinajstić information content (AvgIpc) is 2.44. The average molecular weight is 322 g/mol. The van der Waals surface area contributed by atoms with Crippen LogP contribution in [0.4, 0.5) is 5.69 Å². The number of benzene rings is 2. The van der Waals surface area contributed by atoms with Gasteiger partial charge >= 0.3 is 0 Å². The highest BCUT2D eigenvalue weighted by Crippen LogP contribution is 2.33. The Kier molecular flexibility index (Phi) is 5.55. The molecule has 2 aromatic rings. The van der Waals surface area contributed by atoms with E-state index in [0.29, 0.717) is 10.9 Å². The van der Waals surface area contributed by atoms with E-state index in [4.69, 9.17) is 23.2 Å². The third kappa shape index (κ3) is 4.39. The van der Waals surface area contributed by atoms with E-state index in [-0.39, 0.29) is 6.04 Å².